The summed E-state index contributed by atoms with van der Waals surface area (Å²) < 4.78 is 14.9. The summed E-state index contributed by atoms with van der Waals surface area (Å²) in [6.45, 7) is 4.13. The van der Waals surface area contributed by atoms with E-state index < -0.39 is 0 Å². The van der Waals surface area contributed by atoms with Crippen molar-refractivity contribution in [2.45, 2.75) is 56.2 Å². The summed E-state index contributed by atoms with van der Waals surface area (Å²) in [6.07, 6.45) is 2.18. The molecule has 0 atom stereocenters. The minimum absolute atomic E-state index is 0.0266. The molecule has 1 amide bonds. The second kappa shape index (κ2) is 14.3. The number of carbonyl (C=O) groups excluding carboxylic acids is 1. The van der Waals surface area contributed by atoms with Gasteiger partial charge in [0, 0.05) is 23.4 Å². The molecular weight excluding hydrogens is 585 g/mol. The summed E-state index contributed by atoms with van der Waals surface area (Å²) in [4.78, 5) is 35.2. The van der Waals surface area contributed by atoms with Crippen molar-refractivity contribution in [2.24, 2.45) is 0 Å². The average molecular weight is 620 g/mol. The van der Waals surface area contributed by atoms with Crippen molar-refractivity contribution in [2.75, 3.05) is 20.1 Å². The molecule has 1 saturated heterocycles. The molecule has 224 valence electrons. The highest BCUT2D eigenvalue weighted by atomic mass is 35.5. The lowest BCUT2D eigenvalue weighted by Gasteiger charge is -2.37. The lowest BCUT2D eigenvalue weighted by atomic mass is 10.0. The van der Waals surface area contributed by atoms with E-state index >= 15 is 0 Å². The SMILES string of the molecule is CCc1nn(CC(=O)N(Cc2ccc(-c3ccc(Cl)cc3)cc2)C2CCN(C)CC2)c(SCc2ccc(F)cc2)nc1=O. The monoisotopic (exact) mass is 619 g/mol. The summed E-state index contributed by atoms with van der Waals surface area (Å²) >= 11 is 7.37. The Morgan fingerprint density at radius 3 is 2.21 bits per heavy atom. The van der Waals surface area contributed by atoms with Crippen molar-refractivity contribution >= 4 is 29.3 Å². The van der Waals surface area contributed by atoms with Crippen LogP contribution in [0.5, 0.6) is 0 Å². The van der Waals surface area contributed by atoms with Gasteiger partial charge in [-0.25, -0.2) is 9.07 Å². The number of likely N-dealkylation sites (tertiary alicyclic amines) is 1. The number of benzene rings is 3. The van der Waals surface area contributed by atoms with Gasteiger partial charge < -0.3 is 9.80 Å². The van der Waals surface area contributed by atoms with Gasteiger partial charge in [0.05, 0.1) is 0 Å². The van der Waals surface area contributed by atoms with Crippen LogP contribution in [0.25, 0.3) is 11.1 Å². The fraction of sp³-hybridized carbons (Fsp3) is 0.333. The van der Waals surface area contributed by atoms with Gasteiger partial charge in [0.2, 0.25) is 5.91 Å². The van der Waals surface area contributed by atoms with E-state index in [0.717, 1.165) is 48.2 Å². The quantitative estimate of drug-likeness (QED) is 0.201. The highest BCUT2D eigenvalue weighted by Crippen LogP contribution is 2.25. The maximum atomic E-state index is 14.0. The van der Waals surface area contributed by atoms with Crippen molar-refractivity contribution < 1.29 is 9.18 Å². The molecular formula is C33H35ClFN5O2S. The minimum Gasteiger partial charge on any atom is -0.334 e. The van der Waals surface area contributed by atoms with Gasteiger partial charge in [0.15, 0.2) is 5.16 Å². The van der Waals surface area contributed by atoms with Gasteiger partial charge in [-0.1, -0.05) is 78.8 Å². The Morgan fingerprint density at radius 1 is 0.977 bits per heavy atom. The summed E-state index contributed by atoms with van der Waals surface area (Å²) in [5, 5.41) is 5.62. The predicted octanol–water partition coefficient (Wildman–Crippen LogP) is 6.08. The second-order valence-electron chi connectivity index (χ2n) is 10.8. The van der Waals surface area contributed by atoms with Crippen LogP contribution in [0.2, 0.25) is 5.02 Å². The van der Waals surface area contributed by atoms with Gasteiger partial charge in [-0.3, -0.25) is 9.59 Å². The summed E-state index contributed by atoms with van der Waals surface area (Å²) in [7, 11) is 2.10. The van der Waals surface area contributed by atoms with Crippen LogP contribution < -0.4 is 5.56 Å². The molecule has 0 spiro atoms. The lowest BCUT2D eigenvalue weighted by Crippen LogP contribution is -2.47. The molecule has 7 nitrogen and oxygen atoms in total. The Kier molecular flexibility index (Phi) is 10.3. The molecule has 2 heterocycles. The van der Waals surface area contributed by atoms with Gasteiger partial charge in [-0.2, -0.15) is 10.1 Å². The van der Waals surface area contributed by atoms with Crippen molar-refractivity contribution in [1.82, 2.24) is 24.6 Å². The van der Waals surface area contributed by atoms with Crippen molar-refractivity contribution in [3.05, 3.63) is 111 Å². The van der Waals surface area contributed by atoms with Crippen molar-refractivity contribution in [3.63, 3.8) is 0 Å². The average Bonchev–Trinajstić information content (AvgIpc) is 3.02. The minimum atomic E-state index is -0.388. The third-order valence-corrected chi connectivity index (χ3v) is 9.03. The van der Waals surface area contributed by atoms with Gasteiger partial charge in [0.25, 0.3) is 5.56 Å². The molecule has 1 fully saturated rings. The number of nitrogens with zero attached hydrogens (tertiary/aromatic N) is 5. The van der Waals surface area contributed by atoms with E-state index in [-0.39, 0.29) is 29.9 Å². The fourth-order valence-corrected chi connectivity index (χ4v) is 6.20. The summed E-state index contributed by atoms with van der Waals surface area (Å²) in [6, 6.07) is 22.3. The third kappa shape index (κ3) is 8.10. The predicted molar refractivity (Wildman–Crippen MR) is 170 cm³/mol. The van der Waals surface area contributed by atoms with Crippen LogP contribution in [0.3, 0.4) is 0 Å². The standard InChI is InChI=1S/C33H35ClFN5O2S/c1-3-30-32(42)36-33(43-22-24-6-14-28(35)15-7-24)40(37-30)21-31(41)39(29-16-18-38(2)19-17-29)20-23-4-8-25(9-5-23)26-10-12-27(34)13-11-26/h4-15,29H,3,16-22H2,1-2H3. The molecule has 0 saturated carbocycles. The number of piperidine rings is 1. The van der Waals surface area contributed by atoms with Gasteiger partial charge in [0.1, 0.15) is 18.1 Å². The fourth-order valence-electron chi connectivity index (χ4n) is 5.19. The number of halogens is 2. The van der Waals surface area contributed by atoms with E-state index in [2.05, 4.69) is 46.3 Å². The number of carbonyl (C=O) groups is 1. The lowest BCUT2D eigenvalue weighted by molar-refractivity contribution is -0.136. The largest absolute Gasteiger partial charge is 0.334 e. The Balaban J connectivity index is 1.38. The van der Waals surface area contributed by atoms with E-state index in [1.807, 2.05) is 36.1 Å². The first kappa shape index (κ1) is 30.9. The van der Waals surface area contributed by atoms with Crippen molar-refractivity contribution in [3.8, 4) is 11.1 Å². The first-order chi connectivity index (χ1) is 20.8. The molecule has 0 bridgehead atoms. The first-order valence-corrected chi connectivity index (χ1v) is 15.8. The zero-order valence-corrected chi connectivity index (χ0v) is 26.0. The van der Waals surface area contributed by atoms with Crippen LogP contribution in [0.15, 0.2) is 82.7 Å². The molecule has 10 heteroatoms. The molecule has 0 aliphatic carbocycles. The molecule has 43 heavy (non-hydrogen) atoms. The number of aromatic nitrogens is 3. The number of hydrogen-bond acceptors (Lipinski definition) is 6. The number of aryl methyl sites for hydroxylation is 1. The Bertz CT molecular complexity index is 1590. The third-order valence-electron chi connectivity index (χ3n) is 7.74. The van der Waals surface area contributed by atoms with Crippen molar-refractivity contribution in [1.29, 1.82) is 0 Å². The number of thioether (sulfide) groups is 1. The maximum absolute atomic E-state index is 14.0. The Labute approximate surface area is 260 Å². The number of rotatable bonds is 10. The molecule has 5 rings (SSSR count). The zero-order valence-electron chi connectivity index (χ0n) is 24.4. The van der Waals surface area contributed by atoms with Crippen LogP contribution in [-0.4, -0.2) is 56.7 Å². The highest BCUT2D eigenvalue weighted by Gasteiger charge is 2.28. The smallest absolute Gasteiger partial charge is 0.295 e. The first-order valence-electron chi connectivity index (χ1n) is 14.5. The highest BCUT2D eigenvalue weighted by molar-refractivity contribution is 7.98. The molecule has 1 aliphatic heterocycles. The number of amides is 1. The van der Waals surface area contributed by atoms with E-state index in [0.29, 0.717) is 34.6 Å². The molecule has 0 N–H and O–H groups in total. The molecule has 0 unspecified atom stereocenters. The maximum Gasteiger partial charge on any atom is 0.295 e. The molecule has 1 aromatic heterocycles. The van der Waals surface area contributed by atoms with Gasteiger partial charge >= 0.3 is 0 Å². The van der Waals surface area contributed by atoms with Gasteiger partial charge in [-0.05, 0) is 85.9 Å². The molecule has 3 aromatic carbocycles. The van der Waals surface area contributed by atoms with E-state index in [4.69, 9.17) is 11.6 Å². The normalized spacial score (nSPS) is 14.1. The Hall–Kier alpha value is -3.53. The second-order valence-corrected chi connectivity index (χ2v) is 12.2. The van der Waals surface area contributed by atoms with Crippen LogP contribution >= 0.6 is 23.4 Å². The summed E-state index contributed by atoms with van der Waals surface area (Å²) in [5.74, 6) is 0.0871. The molecule has 1 aliphatic rings. The number of hydrogen-bond donors (Lipinski definition) is 0. The van der Waals surface area contributed by atoms with Crippen LogP contribution in [-0.2, 0) is 30.1 Å². The van der Waals surface area contributed by atoms with Crippen LogP contribution in [0.1, 0.15) is 36.6 Å². The molecule has 0 radical (unpaired) electrons. The van der Waals surface area contributed by atoms with E-state index in [1.54, 1.807) is 16.8 Å². The molecule has 4 aromatic rings. The Morgan fingerprint density at radius 2 is 1.58 bits per heavy atom. The summed E-state index contributed by atoms with van der Waals surface area (Å²) in [5.41, 5.74) is 4.01. The van der Waals surface area contributed by atoms with E-state index in [9.17, 15) is 14.0 Å². The van der Waals surface area contributed by atoms with Crippen LogP contribution in [0.4, 0.5) is 4.39 Å². The zero-order chi connectivity index (χ0) is 30.3. The topological polar surface area (TPSA) is 71.3 Å². The van der Waals surface area contributed by atoms with Gasteiger partial charge in [-0.15, -0.1) is 0 Å². The van der Waals surface area contributed by atoms with E-state index in [1.165, 1.54) is 23.9 Å². The van der Waals surface area contributed by atoms with Crippen LogP contribution in [0, 0.1) is 5.82 Å².